The molecular formula is C14H18BrN5S. The molecule has 1 aromatic heterocycles. The number of nitrogens with one attached hydrogen (secondary N) is 1. The van der Waals surface area contributed by atoms with Crippen LogP contribution in [0.2, 0.25) is 0 Å². The Morgan fingerprint density at radius 2 is 2.24 bits per heavy atom. The molecule has 7 heteroatoms. The van der Waals surface area contributed by atoms with Crippen LogP contribution < -0.4 is 5.32 Å². The van der Waals surface area contributed by atoms with Crippen LogP contribution in [0.3, 0.4) is 0 Å². The number of hydrogen-bond acceptors (Lipinski definition) is 5. The molecular weight excluding hydrogens is 350 g/mol. The molecule has 112 valence electrons. The molecule has 0 saturated heterocycles. The zero-order chi connectivity index (χ0) is 14.8. The maximum atomic E-state index is 4.17. The highest BCUT2D eigenvalue weighted by atomic mass is 79.9. The number of hydrogen-bond donors (Lipinski definition) is 1. The summed E-state index contributed by atoms with van der Waals surface area (Å²) in [6.45, 7) is 5.15. The SMILES string of the molecule is CC(C)NCc1ccc(Br)cc1Sc1nnnn1C1CC1. The van der Waals surface area contributed by atoms with Gasteiger partial charge in [-0.1, -0.05) is 35.8 Å². The predicted molar refractivity (Wildman–Crippen MR) is 86.3 cm³/mol. The second-order valence-electron chi connectivity index (χ2n) is 5.53. The largest absolute Gasteiger partial charge is 0.310 e. The Morgan fingerprint density at radius 3 is 2.95 bits per heavy atom. The van der Waals surface area contributed by atoms with Crippen LogP contribution in [0.1, 0.15) is 38.3 Å². The van der Waals surface area contributed by atoms with E-state index in [1.54, 1.807) is 11.8 Å². The summed E-state index contributed by atoms with van der Waals surface area (Å²) in [5, 5.41) is 16.4. The van der Waals surface area contributed by atoms with E-state index in [-0.39, 0.29) is 0 Å². The number of tetrazole rings is 1. The Bertz CT molecular complexity index is 624. The molecule has 21 heavy (non-hydrogen) atoms. The van der Waals surface area contributed by atoms with Gasteiger partial charge in [-0.2, -0.15) is 0 Å². The maximum Gasteiger partial charge on any atom is 0.214 e. The lowest BCUT2D eigenvalue weighted by molar-refractivity contribution is 0.565. The highest BCUT2D eigenvalue weighted by molar-refractivity contribution is 9.10. The molecule has 0 spiro atoms. The highest BCUT2D eigenvalue weighted by Gasteiger charge is 2.28. The van der Waals surface area contributed by atoms with Crippen LogP contribution in [0.4, 0.5) is 0 Å². The minimum absolute atomic E-state index is 0.461. The van der Waals surface area contributed by atoms with Crippen molar-refractivity contribution in [3.8, 4) is 0 Å². The van der Waals surface area contributed by atoms with Gasteiger partial charge in [-0.15, -0.1) is 5.10 Å². The van der Waals surface area contributed by atoms with Gasteiger partial charge in [0.1, 0.15) is 0 Å². The van der Waals surface area contributed by atoms with Gasteiger partial charge in [-0.3, -0.25) is 0 Å². The maximum absolute atomic E-state index is 4.17. The Balaban J connectivity index is 1.82. The minimum Gasteiger partial charge on any atom is -0.310 e. The Morgan fingerprint density at radius 1 is 1.43 bits per heavy atom. The normalized spacial score (nSPS) is 14.9. The van der Waals surface area contributed by atoms with Crippen LogP contribution in [0.15, 0.2) is 32.7 Å². The first-order chi connectivity index (χ1) is 10.1. The first kappa shape index (κ1) is 15.0. The second kappa shape index (κ2) is 6.46. The third-order valence-corrected chi connectivity index (χ3v) is 4.83. The number of rotatable bonds is 6. The molecule has 0 unspecified atom stereocenters. The van der Waals surface area contributed by atoms with Gasteiger partial charge >= 0.3 is 0 Å². The van der Waals surface area contributed by atoms with Crippen LogP contribution in [0.5, 0.6) is 0 Å². The van der Waals surface area contributed by atoms with Crippen molar-refractivity contribution in [3.05, 3.63) is 28.2 Å². The van der Waals surface area contributed by atoms with Gasteiger partial charge in [-0.25, -0.2) is 4.68 Å². The van der Waals surface area contributed by atoms with Crippen LogP contribution in [-0.2, 0) is 6.54 Å². The molecule has 1 fully saturated rings. The van der Waals surface area contributed by atoms with Crippen molar-refractivity contribution in [2.75, 3.05) is 0 Å². The summed E-state index contributed by atoms with van der Waals surface area (Å²) in [7, 11) is 0. The Hall–Kier alpha value is -0.920. The summed E-state index contributed by atoms with van der Waals surface area (Å²) in [6, 6.07) is 7.31. The molecule has 2 aromatic rings. The molecule has 1 aromatic carbocycles. The van der Waals surface area contributed by atoms with Gasteiger partial charge in [0.25, 0.3) is 0 Å². The lowest BCUT2D eigenvalue weighted by atomic mass is 10.2. The first-order valence-electron chi connectivity index (χ1n) is 7.11. The minimum atomic E-state index is 0.461. The molecule has 1 saturated carbocycles. The smallest absolute Gasteiger partial charge is 0.214 e. The number of aromatic nitrogens is 4. The molecule has 0 amide bonds. The van der Waals surface area contributed by atoms with Crippen molar-refractivity contribution < 1.29 is 0 Å². The van der Waals surface area contributed by atoms with E-state index in [0.717, 1.165) is 16.2 Å². The third-order valence-electron chi connectivity index (χ3n) is 3.29. The predicted octanol–water partition coefficient (Wildman–Crippen LogP) is 3.42. The molecule has 0 radical (unpaired) electrons. The van der Waals surface area contributed by atoms with Gasteiger partial charge in [0.05, 0.1) is 6.04 Å². The van der Waals surface area contributed by atoms with E-state index in [0.29, 0.717) is 12.1 Å². The monoisotopic (exact) mass is 367 g/mol. The fourth-order valence-corrected chi connectivity index (χ4v) is 3.51. The van der Waals surface area contributed by atoms with E-state index in [2.05, 4.69) is 68.8 Å². The molecule has 1 aliphatic rings. The first-order valence-corrected chi connectivity index (χ1v) is 8.72. The molecule has 0 atom stereocenters. The van der Waals surface area contributed by atoms with Crippen LogP contribution in [0.25, 0.3) is 0 Å². The third kappa shape index (κ3) is 3.84. The quantitative estimate of drug-likeness (QED) is 0.847. The van der Waals surface area contributed by atoms with Crippen molar-refractivity contribution in [2.45, 2.75) is 55.4 Å². The summed E-state index contributed by atoms with van der Waals surface area (Å²) < 4.78 is 3.02. The van der Waals surface area contributed by atoms with Crippen molar-refractivity contribution in [1.29, 1.82) is 0 Å². The number of benzene rings is 1. The van der Waals surface area contributed by atoms with Crippen LogP contribution >= 0.6 is 27.7 Å². The summed E-state index contributed by atoms with van der Waals surface area (Å²) in [4.78, 5) is 1.19. The molecule has 1 heterocycles. The van der Waals surface area contributed by atoms with Gasteiger partial charge in [0, 0.05) is 22.0 Å². The summed E-state index contributed by atoms with van der Waals surface area (Å²) in [6.07, 6.45) is 2.36. The fourth-order valence-electron chi connectivity index (χ4n) is 1.98. The van der Waals surface area contributed by atoms with Crippen molar-refractivity contribution in [1.82, 2.24) is 25.5 Å². The lowest BCUT2D eigenvalue weighted by Crippen LogP contribution is -2.22. The van der Waals surface area contributed by atoms with E-state index >= 15 is 0 Å². The Labute approximate surface area is 137 Å². The van der Waals surface area contributed by atoms with Gasteiger partial charge in [-0.05, 0) is 52.7 Å². The Kier molecular flexibility index (Phi) is 4.61. The molecule has 3 rings (SSSR count). The molecule has 5 nitrogen and oxygen atoms in total. The van der Waals surface area contributed by atoms with Gasteiger partial charge in [0.2, 0.25) is 5.16 Å². The second-order valence-corrected chi connectivity index (χ2v) is 7.45. The van der Waals surface area contributed by atoms with Crippen molar-refractivity contribution in [2.24, 2.45) is 0 Å². The molecule has 1 aliphatic carbocycles. The summed E-state index contributed by atoms with van der Waals surface area (Å²) >= 11 is 5.19. The van der Waals surface area contributed by atoms with Crippen molar-refractivity contribution >= 4 is 27.7 Å². The standard InChI is InChI=1S/C14H18BrN5S/c1-9(2)16-8-10-3-4-11(15)7-13(10)21-14-17-18-19-20(14)12-5-6-12/h3-4,7,9,12,16H,5-6,8H2,1-2H3. The van der Waals surface area contributed by atoms with E-state index in [9.17, 15) is 0 Å². The van der Waals surface area contributed by atoms with Crippen LogP contribution in [-0.4, -0.2) is 26.2 Å². The van der Waals surface area contributed by atoms with Gasteiger partial charge < -0.3 is 5.32 Å². The molecule has 1 N–H and O–H groups in total. The van der Waals surface area contributed by atoms with Gasteiger partial charge in [0.15, 0.2) is 0 Å². The summed E-state index contributed by atoms with van der Waals surface area (Å²) in [5.41, 5.74) is 1.27. The van der Waals surface area contributed by atoms with E-state index in [1.165, 1.54) is 23.3 Å². The van der Waals surface area contributed by atoms with E-state index in [1.807, 2.05) is 4.68 Å². The fraction of sp³-hybridized carbons (Fsp3) is 0.500. The summed E-state index contributed by atoms with van der Waals surface area (Å²) in [5.74, 6) is 0. The highest BCUT2D eigenvalue weighted by Crippen LogP contribution is 2.39. The topological polar surface area (TPSA) is 55.6 Å². The average molecular weight is 368 g/mol. The zero-order valence-corrected chi connectivity index (χ0v) is 14.5. The van der Waals surface area contributed by atoms with E-state index < -0.39 is 0 Å². The van der Waals surface area contributed by atoms with E-state index in [4.69, 9.17) is 0 Å². The lowest BCUT2D eigenvalue weighted by Gasteiger charge is -2.12. The molecule has 0 bridgehead atoms. The average Bonchev–Trinajstić information content (AvgIpc) is 3.18. The van der Waals surface area contributed by atoms with Crippen LogP contribution in [0, 0.1) is 0 Å². The number of halogens is 1. The zero-order valence-electron chi connectivity index (χ0n) is 12.1. The van der Waals surface area contributed by atoms with Crippen molar-refractivity contribution in [3.63, 3.8) is 0 Å². The molecule has 0 aliphatic heterocycles. The number of nitrogens with zero attached hydrogens (tertiary/aromatic N) is 4.